The molecule has 1 saturated heterocycles. The number of para-hydroxylation sites is 1. The van der Waals surface area contributed by atoms with Gasteiger partial charge in [0.1, 0.15) is 0 Å². The van der Waals surface area contributed by atoms with E-state index in [0.717, 1.165) is 15.5 Å². The van der Waals surface area contributed by atoms with Gasteiger partial charge in [-0.1, -0.05) is 42.1 Å². The predicted molar refractivity (Wildman–Crippen MR) is 109 cm³/mol. The number of carbonyl (C=O) groups excluding carboxylic acids is 1. The van der Waals surface area contributed by atoms with E-state index < -0.39 is 10.0 Å². The third kappa shape index (κ3) is 5.12. The number of piperidine rings is 1. The zero-order chi connectivity index (χ0) is 19.3. The molecule has 1 aliphatic heterocycles. The Morgan fingerprint density at radius 1 is 1.07 bits per heavy atom. The van der Waals surface area contributed by atoms with Gasteiger partial charge in [0.15, 0.2) is 0 Å². The third-order valence-electron chi connectivity index (χ3n) is 4.70. The zero-order valence-electron chi connectivity index (χ0n) is 15.3. The van der Waals surface area contributed by atoms with E-state index in [2.05, 4.69) is 5.32 Å². The van der Waals surface area contributed by atoms with Crippen molar-refractivity contribution in [3.63, 3.8) is 0 Å². The summed E-state index contributed by atoms with van der Waals surface area (Å²) < 4.78 is 25.4. The number of nitrogens with zero attached hydrogens (tertiary/aromatic N) is 1. The molecule has 1 heterocycles. The number of hydrogen-bond acceptors (Lipinski definition) is 4. The normalized spacial score (nSPS) is 16.2. The van der Waals surface area contributed by atoms with Crippen LogP contribution in [0.5, 0.6) is 0 Å². The highest BCUT2D eigenvalue weighted by Gasteiger charge is 2.30. The fourth-order valence-corrected chi connectivity index (χ4v) is 5.14. The summed E-state index contributed by atoms with van der Waals surface area (Å²) in [6.07, 6.45) is 1.11. The minimum absolute atomic E-state index is 0.0374. The first-order valence-corrected chi connectivity index (χ1v) is 11.5. The Morgan fingerprint density at radius 2 is 1.70 bits per heavy atom. The molecule has 3 rings (SSSR count). The minimum atomic E-state index is -3.17. The molecular weight excluding hydrogens is 380 g/mol. The number of nitrogens with one attached hydrogen (secondary N) is 1. The number of anilines is 1. The first-order chi connectivity index (χ1) is 13.0. The van der Waals surface area contributed by atoms with E-state index in [0.29, 0.717) is 25.9 Å². The fraction of sp³-hybridized carbons (Fsp3) is 0.350. The second kappa shape index (κ2) is 8.91. The molecule has 2 aromatic rings. The maximum Gasteiger partial charge on any atom is 0.227 e. The molecule has 5 nitrogen and oxygen atoms in total. The highest BCUT2D eigenvalue weighted by Crippen LogP contribution is 2.33. The van der Waals surface area contributed by atoms with Gasteiger partial charge in [0.05, 0.1) is 11.4 Å². The summed E-state index contributed by atoms with van der Waals surface area (Å²) in [5, 5.41) is 3.04. The number of hydrogen-bond donors (Lipinski definition) is 1. The lowest BCUT2D eigenvalue weighted by Crippen LogP contribution is -2.42. The van der Waals surface area contributed by atoms with Crippen molar-refractivity contribution in [2.75, 3.05) is 24.2 Å². The van der Waals surface area contributed by atoms with Crippen LogP contribution >= 0.6 is 11.8 Å². The number of carbonyl (C=O) groups is 1. The summed E-state index contributed by atoms with van der Waals surface area (Å²) >= 11 is 1.61. The van der Waals surface area contributed by atoms with Crippen LogP contribution in [0.2, 0.25) is 0 Å². The van der Waals surface area contributed by atoms with Crippen molar-refractivity contribution < 1.29 is 13.2 Å². The second-order valence-electron chi connectivity index (χ2n) is 6.47. The van der Waals surface area contributed by atoms with Gasteiger partial charge in [-0.15, -0.1) is 0 Å². The van der Waals surface area contributed by atoms with E-state index in [9.17, 15) is 13.2 Å². The zero-order valence-corrected chi connectivity index (χ0v) is 16.9. The monoisotopic (exact) mass is 404 g/mol. The SMILES string of the molecule is CCS(=O)(=O)N1CCC(C(=O)Nc2ccccc2Sc2ccccc2)CC1. The van der Waals surface area contributed by atoms with E-state index >= 15 is 0 Å². The van der Waals surface area contributed by atoms with Crippen molar-refractivity contribution in [2.24, 2.45) is 5.92 Å². The molecule has 0 atom stereocenters. The van der Waals surface area contributed by atoms with Crippen molar-refractivity contribution in [1.29, 1.82) is 0 Å². The average Bonchev–Trinajstić information content (AvgIpc) is 2.70. The molecule has 1 amide bonds. The maximum absolute atomic E-state index is 12.7. The van der Waals surface area contributed by atoms with E-state index in [1.165, 1.54) is 4.31 Å². The van der Waals surface area contributed by atoms with Crippen LogP contribution in [0.1, 0.15) is 19.8 Å². The Hall–Kier alpha value is -1.83. The van der Waals surface area contributed by atoms with Crippen LogP contribution in [0.25, 0.3) is 0 Å². The summed E-state index contributed by atoms with van der Waals surface area (Å²) in [7, 11) is -3.17. The second-order valence-corrected chi connectivity index (χ2v) is 9.85. The van der Waals surface area contributed by atoms with E-state index in [4.69, 9.17) is 0 Å². The van der Waals surface area contributed by atoms with Crippen LogP contribution in [0.3, 0.4) is 0 Å². The summed E-state index contributed by atoms with van der Waals surface area (Å²) in [4.78, 5) is 14.8. The van der Waals surface area contributed by atoms with Crippen molar-refractivity contribution in [1.82, 2.24) is 4.31 Å². The molecule has 1 N–H and O–H groups in total. The average molecular weight is 405 g/mol. The number of sulfonamides is 1. The first kappa shape index (κ1) is 19.9. The van der Waals surface area contributed by atoms with Crippen LogP contribution in [-0.2, 0) is 14.8 Å². The van der Waals surface area contributed by atoms with Crippen molar-refractivity contribution in [2.45, 2.75) is 29.6 Å². The van der Waals surface area contributed by atoms with Gasteiger partial charge in [0, 0.05) is 28.8 Å². The van der Waals surface area contributed by atoms with Gasteiger partial charge in [0.2, 0.25) is 15.9 Å². The fourth-order valence-electron chi connectivity index (χ4n) is 3.09. The Morgan fingerprint density at radius 3 is 2.37 bits per heavy atom. The smallest absolute Gasteiger partial charge is 0.227 e. The molecule has 0 aliphatic carbocycles. The van der Waals surface area contributed by atoms with E-state index in [1.54, 1.807) is 18.7 Å². The Bertz CT molecular complexity index is 877. The minimum Gasteiger partial charge on any atom is -0.325 e. The predicted octanol–water partition coefficient (Wildman–Crippen LogP) is 3.84. The molecule has 0 saturated carbocycles. The Labute approximate surface area is 165 Å². The lowest BCUT2D eigenvalue weighted by atomic mass is 9.97. The summed E-state index contributed by atoms with van der Waals surface area (Å²) in [5.41, 5.74) is 0.792. The molecule has 0 bridgehead atoms. The summed E-state index contributed by atoms with van der Waals surface area (Å²) in [6, 6.07) is 17.8. The highest BCUT2D eigenvalue weighted by atomic mass is 32.2. The van der Waals surface area contributed by atoms with Crippen LogP contribution in [0.4, 0.5) is 5.69 Å². The molecular formula is C20H24N2O3S2. The van der Waals surface area contributed by atoms with Crippen LogP contribution in [-0.4, -0.2) is 37.5 Å². The van der Waals surface area contributed by atoms with Crippen molar-refractivity contribution >= 4 is 33.4 Å². The summed E-state index contributed by atoms with van der Waals surface area (Å²) in [6.45, 7) is 2.47. The van der Waals surface area contributed by atoms with Gasteiger partial charge in [0.25, 0.3) is 0 Å². The van der Waals surface area contributed by atoms with Gasteiger partial charge in [-0.2, -0.15) is 0 Å². The Kier molecular flexibility index (Phi) is 6.57. The largest absolute Gasteiger partial charge is 0.325 e. The molecule has 27 heavy (non-hydrogen) atoms. The van der Waals surface area contributed by atoms with Crippen molar-refractivity contribution in [3.05, 3.63) is 54.6 Å². The lowest BCUT2D eigenvalue weighted by Gasteiger charge is -2.30. The van der Waals surface area contributed by atoms with Crippen molar-refractivity contribution in [3.8, 4) is 0 Å². The lowest BCUT2D eigenvalue weighted by molar-refractivity contribution is -0.120. The quantitative estimate of drug-likeness (QED) is 0.794. The first-order valence-electron chi connectivity index (χ1n) is 9.10. The van der Waals surface area contributed by atoms with Crippen LogP contribution in [0, 0.1) is 5.92 Å². The van der Waals surface area contributed by atoms with Gasteiger partial charge >= 0.3 is 0 Å². The topological polar surface area (TPSA) is 66.5 Å². The molecule has 1 aliphatic rings. The number of amides is 1. The molecule has 7 heteroatoms. The standard InChI is InChI=1S/C20H24N2O3S2/c1-2-27(24,25)22-14-12-16(13-15-22)20(23)21-18-10-6-7-11-19(18)26-17-8-4-3-5-9-17/h3-11,16H,2,12-15H2,1H3,(H,21,23). The maximum atomic E-state index is 12.7. The van der Waals surface area contributed by atoms with Crippen LogP contribution in [0.15, 0.2) is 64.4 Å². The van der Waals surface area contributed by atoms with Gasteiger partial charge in [-0.05, 0) is 44.0 Å². The van der Waals surface area contributed by atoms with Gasteiger partial charge in [-0.3, -0.25) is 4.79 Å². The molecule has 144 valence electrons. The van der Waals surface area contributed by atoms with Gasteiger partial charge < -0.3 is 5.32 Å². The summed E-state index contributed by atoms with van der Waals surface area (Å²) in [5.74, 6) is -0.0961. The molecule has 0 spiro atoms. The Balaban J connectivity index is 1.64. The molecule has 0 radical (unpaired) electrons. The molecule has 0 aromatic heterocycles. The van der Waals surface area contributed by atoms with Crippen LogP contribution < -0.4 is 5.32 Å². The molecule has 0 unspecified atom stereocenters. The van der Waals surface area contributed by atoms with Gasteiger partial charge in [-0.25, -0.2) is 12.7 Å². The van der Waals surface area contributed by atoms with E-state index in [-0.39, 0.29) is 17.6 Å². The third-order valence-corrected chi connectivity index (χ3v) is 7.66. The van der Waals surface area contributed by atoms with E-state index in [1.807, 2.05) is 54.6 Å². The highest BCUT2D eigenvalue weighted by molar-refractivity contribution is 7.99. The number of benzene rings is 2. The molecule has 1 fully saturated rings. The molecule has 2 aromatic carbocycles. The number of rotatable bonds is 6.